The summed E-state index contributed by atoms with van der Waals surface area (Å²) in [5.74, 6) is 0.0474. The molecule has 0 radical (unpaired) electrons. The summed E-state index contributed by atoms with van der Waals surface area (Å²) in [6.07, 6.45) is 7.65. The van der Waals surface area contributed by atoms with Crippen molar-refractivity contribution in [2.24, 2.45) is 11.3 Å². The molecule has 0 N–H and O–H groups in total. The molecule has 1 atom stereocenters. The summed E-state index contributed by atoms with van der Waals surface area (Å²) < 4.78 is 0. The van der Waals surface area contributed by atoms with Crippen LogP contribution in [-0.2, 0) is 4.79 Å². The van der Waals surface area contributed by atoms with Crippen molar-refractivity contribution >= 4 is 6.29 Å². The average molecular weight is 166 g/mol. The molecular weight excluding hydrogens is 148 g/mol. The molecule has 0 aromatic carbocycles. The van der Waals surface area contributed by atoms with Crippen LogP contribution in [-0.4, -0.2) is 6.29 Å². The maximum absolute atomic E-state index is 10.7. The predicted octanol–water partition coefficient (Wildman–Crippen LogP) is 2.98. The Bertz CT molecular complexity index is 177. The molecule has 0 heterocycles. The van der Waals surface area contributed by atoms with Crippen LogP contribution >= 0.6 is 0 Å². The predicted molar refractivity (Wildman–Crippen MR) is 53.0 cm³/mol. The Labute approximate surface area is 75.2 Å². The van der Waals surface area contributed by atoms with E-state index in [4.69, 9.17) is 0 Å². The first-order valence-electron chi connectivity index (χ1n) is 4.28. The average Bonchev–Trinajstić information content (AvgIpc) is 2.05. The SMILES string of the molecule is C=CC(C)(C)C(C=O)C/C=C/C. The molecule has 0 aliphatic carbocycles. The van der Waals surface area contributed by atoms with Gasteiger partial charge in [-0.25, -0.2) is 0 Å². The second-order valence-corrected chi connectivity index (χ2v) is 3.57. The van der Waals surface area contributed by atoms with E-state index < -0.39 is 0 Å². The highest BCUT2D eigenvalue weighted by Crippen LogP contribution is 2.29. The zero-order valence-corrected chi connectivity index (χ0v) is 8.21. The van der Waals surface area contributed by atoms with Crippen LogP contribution in [0.1, 0.15) is 27.2 Å². The zero-order valence-electron chi connectivity index (χ0n) is 8.21. The number of hydrogen-bond donors (Lipinski definition) is 0. The third-order valence-electron chi connectivity index (χ3n) is 2.27. The first kappa shape index (κ1) is 11.2. The van der Waals surface area contributed by atoms with Gasteiger partial charge in [-0.05, 0) is 18.8 Å². The van der Waals surface area contributed by atoms with Crippen LogP contribution in [0.3, 0.4) is 0 Å². The lowest BCUT2D eigenvalue weighted by molar-refractivity contribution is -0.113. The summed E-state index contributed by atoms with van der Waals surface area (Å²) in [6.45, 7) is 9.75. The van der Waals surface area contributed by atoms with Gasteiger partial charge in [0.15, 0.2) is 0 Å². The Morgan fingerprint density at radius 1 is 1.50 bits per heavy atom. The van der Waals surface area contributed by atoms with E-state index in [-0.39, 0.29) is 11.3 Å². The molecule has 0 saturated carbocycles. The Morgan fingerprint density at radius 3 is 2.42 bits per heavy atom. The van der Waals surface area contributed by atoms with Crippen LogP contribution in [0.4, 0.5) is 0 Å². The van der Waals surface area contributed by atoms with E-state index in [1.165, 1.54) is 0 Å². The third-order valence-corrected chi connectivity index (χ3v) is 2.27. The lowest BCUT2D eigenvalue weighted by atomic mass is 9.78. The van der Waals surface area contributed by atoms with Gasteiger partial charge in [0.2, 0.25) is 0 Å². The third kappa shape index (κ3) is 3.04. The van der Waals surface area contributed by atoms with Gasteiger partial charge in [0.25, 0.3) is 0 Å². The first-order chi connectivity index (χ1) is 5.58. The van der Waals surface area contributed by atoms with Crippen molar-refractivity contribution in [2.45, 2.75) is 27.2 Å². The van der Waals surface area contributed by atoms with Gasteiger partial charge in [-0.15, -0.1) is 6.58 Å². The molecule has 0 fully saturated rings. The van der Waals surface area contributed by atoms with Gasteiger partial charge in [-0.1, -0.05) is 32.1 Å². The van der Waals surface area contributed by atoms with Crippen molar-refractivity contribution in [1.82, 2.24) is 0 Å². The summed E-state index contributed by atoms with van der Waals surface area (Å²) in [4.78, 5) is 10.7. The standard InChI is InChI=1S/C11H18O/c1-5-7-8-10(9-12)11(3,4)6-2/h5-7,9-10H,2,8H2,1,3-4H3/b7-5+. The lowest BCUT2D eigenvalue weighted by Crippen LogP contribution is -2.22. The van der Waals surface area contributed by atoms with Crippen LogP contribution in [0.25, 0.3) is 0 Å². The minimum Gasteiger partial charge on any atom is -0.303 e. The van der Waals surface area contributed by atoms with Gasteiger partial charge < -0.3 is 4.79 Å². The molecule has 0 aliphatic heterocycles. The highest BCUT2D eigenvalue weighted by atomic mass is 16.1. The highest BCUT2D eigenvalue weighted by Gasteiger charge is 2.24. The van der Waals surface area contributed by atoms with Gasteiger partial charge in [0.05, 0.1) is 0 Å². The van der Waals surface area contributed by atoms with E-state index in [1.54, 1.807) is 0 Å². The van der Waals surface area contributed by atoms with Crippen molar-refractivity contribution in [3.63, 3.8) is 0 Å². The molecule has 0 aromatic rings. The summed E-state index contributed by atoms with van der Waals surface area (Å²) in [6, 6.07) is 0. The number of carbonyl (C=O) groups is 1. The molecule has 0 amide bonds. The maximum atomic E-state index is 10.7. The highest BCUT2D eigenvalue weighted by molar-refractivity contribution is 5.56. The topological polar surface area (TPSA) is 17.1 Å². The Kier molecular flexibility index (Phi) is 4.57. The molecule has 0 spiro atoms. The zero-order chi connectivity index (χ0) is 9.61. The van der Waals surface area contributed by atoms with Gasteiger partial charge in [0.1, 0.15) is 6.29 Å². The largest absolute Gasteiger partial charge is 0.303 e. The quantitative estimate of drug-likeness (QED) is 0.453. The monoisotopic (exact) mass is 166 g/mol. The summed E-state index contributed by atoms with van der Waals surface area (Å²) >= 11 is 0. The molecule has 1 nitrogen and oxygen atoms in total. The van der Waals surface area contributed by atoms with E-state index in [2.05, 4.69) is 6.58 Å². The van der Waals surface area contributed by atoms with Crippen LogP contribution in [0, 0.1) is 11.3 Å². The number of rotatable bonds is 5. The summed E-state index contributed by atoms with van der Waals surface area (Å²) in [5, 5.41) is 0. The van der Waals surface area contributed by atoms with Crippen molar-refractivity contribution in [2.75, 3.05) is 0 Å². The molecule has 12 heavy (non-hydrogen) atoms. The minimum absolute atomic E-state index is 0.0474. The fourth-order valence-corrected chi connectivity index (χ4v) is 0.969. The molecule has 1 heteroatoms. The van der Waals surface area contributed by atoms with Crippen LogP contribution < -0.4 is 0 Å². The number of carbonyl (C=O) groups excluding carboxylic acids is 1. The molecule has 0 aliphatic rings. The fraction of sp³-hybridized carbons (Fsp3) is 0.545. The van der Waals surface area contributed by atoms with Crippen LogP contribution in [0.2, 0.25) is 0 Å². The van der Waals surface area contributed by atoms with E-state index >= 15 is 0 Å². The molecule has 0 saturated heterocycles. The second-order valence-electron chi connectivity index (χ2n) is 3.57. The minimum atomic E-state index is -0.0960. The molecular formula is C11H18O. The first-order valence-corrected chi connectivity index (χ1v) is 4.28. The maximum Gasteiger partial charge on any atom is 0.124 e. The lowest BCUT2D eigenvalue weighted by Gasteiger charge is -2.25. The van der Waals surface area contributed by atoms with Crippen molar-refractivity contribution < 1.29 is 4.79 Å². The summed E-state index contributed by atoms with van der Waals surface area (Å²) in [5.41, 5.74) is -0.0960. The Morgan fingerprint density at radius 2 is 2.08 bits per heavy atom. The normalized spacial score (nSPS) is 14.6. The molecule has 68 valence electrons. The molecule has 1 unspecified atom stereocenters. The van der Waals surface area contributed by atoms with E-state index in [1.807, 2.05) is 39.0 Å². The number of allylic oxidation sites excluding steroid dienone is 3. The van der Waals surface area contributed by atoms with Crippen LogP contribution in [0.5, 0.6) is 0 Å². The van der Waals surface area contributed by atoms with Crippen LogP contribution in [0.15, 0.2) is 24.8 Å². The van der Waals surface area contributed by atoms with Crippen molar-refractivity contribution in [3.8, 4) is 0 Å². The molecule has 0 bridgehead atoms. The van der Waals surface area contributed by atoms with Gasteiger partial charge in [-0.3, -0.25) is 0 Å². The summed E-state index contributed by atoms with van der Waals surface area (Å²) in [7, 11) is 0. The van der Waals surface area contributed by atoms with Gasteiger partial charge in [0, 0.05) is 5.92 Å². The van der Waals surface area contributed by atoms with Crippen molar-refractivity contribution in [1.29, 1.82) is 0 Å². The van der Waals surface area contributed by atoms with Gasteiger partial charge in [-0.2, -0.15) is 0 Å². The van der Waals surface area contributed by atoms with E-state index in [9.17, 15) is 4.79 Å². The smallest absolute Gasteiger partial charge is 0.124 e. The van der Waals surface area contributed by atoms with E-state index in [0.29, 0.717) is 0 Å². The van der Waals surface area contributed by atoms with Crippen molar-refractivity contribution in [3.05, 3.63) is 24.8 Å². The number of aldehydes is 1. The van der Waals surface area contributed by atoms with E-state index in [0.717, 1.165) is 12.7 Å². The van der Waals surface area contributed by atoms with Gasteiger partial charge >= 0.3 is 0 Å². The fourth-order valence-electron chi connectivity index (χ4n) is 0.969. The number of hydrogen-bond acceptors (Lipinski definition) is 1. The Hall–Kier alpha value is -0.850. The molecule has 0 aromatic heterocycles. The molecule has 0 rings (SSSR count). The second kappa shape index (κ2) is 4.91. The Balaban J connectivity index is 4.32.